The van der Waals surface area contributed by atoms with E-state index in [1.807, 2.05) is 0 Å². The lowest BCUT2D eigenvalue weighted by Crippen LogP contribution is -2.46. The largest absolute Gasteiger partial charge is 0.480 e. The van der Waals surface area contributed by atoms with Gasteiger partial charge in [0.2, 0.25) is 5.89 Å². The number of thioether (sulfide) groups is 1. The molecule has 3 N–H and O–H groups in total. The zero-order chi connectivity index (χ0) is 15.6. The highest BCUT2D eigenvalue weighted by molar-refractivity contribution is 9.10. The first-order valence-electron chi connectivity index (χ1n) is 6.00. The summed E-state index contributed by atoms with van der Waals surface area (Å²) >= 11 is 4.53. The highest BCUT2D eigenvalue weighted by atomic mass is 79.9. The van der Waals surface area contributed by atoms with Gasteiger partial charge in [-0.05, 0) is 41.9 Å². The molecular weight excluding hydrogens is 362 g/mol. The number of hydrogen-bond acceptors (Lipinski definition) is 7. The van der Waals surface area contributed by atoms with Crippen LogP contribution in [0.5, 0.6) is 0 Å². The summed E-state index contributed by atoms with van der Waals surface area (Å²) in [5, 5.41) is 16.8. The number of furan rings is 1. The normalized spacial score (nSPS) is 13.3. The van der Waals surface area contributed by atoms with Crippen LogP contribution in [0.15, 0.2) is 25.6 Å². The van der Waals surface area contributed by atoms with E-state index in [9.17, 15) is 4.79 Å². The molecule has 0 aliphatic rings. The first-order valence-corrected chi connectivity index (χ1v) is 7.78. The van der Waals surface area contributed by atoms with Crippen LogP contribution in [0.1, 0.15) is 19.7 Å². The van der Waals surface area contributed by atoms with Crippen molar-refractivity contribution in [2.75, 3.05) is 0 Å². The number of nitrogens with zero attached hydrogens (tertiary/aromatic N) is 2. The summed E-state index contributed by atoms with van der Waals surface area (Å²) in [4.78, 5) is 10.9. The number of halogens is 1. The highest BCUT2D eigenvalue weighted by Crippen LogP contribution is 2.31. The lowest BCUT2D eigenvalue weighted by Gasteiger charge is -2.27. The predicted octanol–water partition coefficient (Wildman–Crippen LogP) is 2.52. The SMILES string of the molecule is CC(C)(SCc1nnc(-c2ccc(Br)o2)o1)[C@H](N)C(=O)O. The van der Waals surface area contributed by atoms with E-state index in [1.165, 1.54) is 11.8 Å². The molecule has 0 radical (unpaired) electrons. The van der Waals surface area contributed by atoms with Gasteiger partial charge in [-0.2, -0.15) is 0 Å². The van der Waals surface area contributed by atoms with Gasteiger partial charge in [-0.3, -0.25) is 4.79 Å². The Morgan fingerprint density at radius 3 is 2.76 bits per heavy atom. The summed E-state index contributed by atoms with van der Waals surface area (Å²) in [6.45, 7) is 3.52. The number of nitrogens with two attached hydrogens (primary N) is 1. The molecule has 9 heteroatoms. The molecule has 0 saturated heterocycles. The summed E-state index contributed by atoms with van der Waals surface area (Å²) in [7, 11) is 0. The van der Waals surface area contributed by atoms with Crippen molar-refractivity contribution >= 4 is 33.7 Å². The third kappa shape index (κ3) is 3.86. The van der Waals surface area contributed by atoms with Crippen molar-refractivity contribution in [3.05, 3.63) is 22.7 Å². The molecule has 1 atom stereocenters. The molecule has 2 rings (SSSR count). The molecule has 0 amide bonds. The van der Waals surface area contributed by atoms with E-state index in [-0.39, 0.29) is 5.89 Å². The zero-order valence-electron chi connectivity index (χ0n) is 11.4. The molecule has 7 nitrogen and oxygen atoms in total. The Kier molecular flexibility index (Phi) is 4.74. The van der Waals surface area contributed by atoms with Gasteiger partial charge in [0.1, 0.15) is 6.04 Å². The van der Waals surface area contributed by atoms with Crippen LogP contribution in [0.2, 0.25) is 0 Å². The molecule has 0 aliphatic heterocycles. The van der Waals surface area contributed by atoms with Crippen LogP contribution < -0.4 is 5.73 Å². The maximum atomic E-state index is 10.9. The Labute approximate surface area is 133 Å². The molecular formula is C12H14BrN3O4S. The van der Waals surface area contributed by atoms with Crippen LogP contribution in [0.4, 0.5) is 0 Å². The third-order valence-corrected chi connectivity index (χ3v) is 4.65. The van der Waals surface area contributed by atoms with E-state index >= 15 is 0 Å². The maximum Gasteiger partial charge on any atom is 0.321 e. The monoisotopic (exact) mass is 375 g/mol. The molecule has 0 aromatic carbocycles. The smallest absolute Gasteiger partial charge is 0.321 e. The van der Waals surface area contributed by atoms with E-state index in [4.69, 9.17) is 19.7 Å². The van der Waals surface area contributed by atoms with Gasteiger partial charge in [0.15, 0.2) is 10.4 Å². The van der Waals surface area contributed by atoms with Crippen molar-refractivity contribution in [2.24, 2.45) is 5.73 Å². The Bertz CT molecular complexity index is 640. The van der Waals surface area contributed by atoms with Crippen LogP contribution in [-0.2, 0) is 10.5 Å². The lowest BCUT2D eigenvalue weighted by molar-refractivity contribution is -0.139. The topological polar surface area (TPSA) is 115 Å². The predicted molar refractivity (Wildman–Crippen MR) is 80.7 cm³/mol. The second-order valence-corrected chi connectivity index (χ2v) is 7.22. The van der Waals surface area contributed by atoms with Crippen molar-refractivity contribution in [1.29, 1.82) is 0 Å². The van der Waals surface area contributed by atoms with E-state index in [1.54, 1.807) is 26.0 Å². The van der Waals surface area contributed by atoms with E-state index in [0.29, 0.717) is 22.1 Å². The van der Waals surface area contributed by atoms with Gasteiger partial charge in [0.25, 0.3) is 5.89 Å². The Morgan fingerprint density at radius 1 is 1.48 bits per heavy atom. The minimum Gasteiger partial charge on any atom is -0.480 e. The average molecular weight is 376 g/mol. The molecule has 114 valence electrons. The van der Waals surface area contributed by atoms with Gasteiger partial charge >= 0.3 is 5.97 Å². The minimum absolute atomic E-state index is 0.275. The second kappa shape index (κ2) is 6.20. The van der Waals surface area contributed by atoms with Crippen molar-refractivity contribution < 1.29 is 18.7 Å². The van der Waals surface area contributed by atoms with Crippen LogP contribution in [0.3, 0.4) is 0 Å². The van der Waals surface area contributed by atoms with Gasteiger partial charge in [0, 0.05) is 4.75 Å². The van der Waals surface area contributed by atoms with Gasteiger partial charge in [0.05, 0.1) is 5.75 Å². The molecule has 2 heterocycles. The quantitative estimate of drug-likeness (QED) is 0.790. The number of hydrogen-bond donors (Lipinski definition) is 2. The van der Waals surface area contributed by atoms with Crippen molar-refractivity contribution in [3.8, 4) is 11.7 Å². The Balaban J connectivity index is 2.02. The van der Waals surface area contributed by atoms with Gasteiger partial charge in [-0.25, -0.2) is 0 Å². The first kappa shape index (κ1) is 16.1. The maximum absolute atomic E-state index is 10.9. The Morgan fingerprint density at radius 2 is 2.19 bits per heavy atom. The number of rotatable bonds is 6. The van der Waals surface area contributed by atoms with Crippen LogP contribution in [-0.4, -0.2) is 32.1 Å². The summed E-state index contributed by atoms with van der Waals surface area (Å²) in [5.41, 5.74) is 5.65. The summed E-state index contributed by atoms with van der Waals surface area (Å²) in [6.07, 6.45) is 0. The zero-order valence-corrected chi connectivity index (χ0v) is 13.8. The number of carboxylic acid groups (broad SMARTS) is 1. The fourth-order valence-electron chi connectivity index (χ4n) is 1.48. The molecule has 21 heavy (non-hydrogen) atoms. The minimum atomic E-state index is -1.04. The van der Waals surface area contributed by atoms with E-state index in [2.05, 4.69) is 26.1 Å². The highest BCUT2D eigenvalue weighted by Gasteiger charge is 2.33. The average Bonchev–Trinajstić information content (AvgIpc) is 3.04. The molecule has 0 bridgehead atoms. The van der Waals surface area contributed by atoms with Crippen molar-refractivity contribution in [2.45, 2.75) is 30.4 Å². The number of carbonyl (C=O) groups is 1. The van der Waals surface area contributed by atoms with Crippen LogP contribution in [0.25, 0.3) is 11.7 Å². The first-order chi connectivity index (χ1) is 9.79. The third-order valence-electron chi connectivity index (χ3n) is 2.83. The number of carboxylic acids is 1. The molecule has 0 unspecified atom stereocenters. The molecule has 0 spiro atoms. The van der Waals surface area contributed by atoms with Crippen molar-refractivity contribution in [3.63, 3.8) is 0 Å². The number of aliphatic carboxylic acids is 1. The molecule has 0 saturated carbocycles. The second-order valence-electron chi connectivity index (χ2n) is 4.81. The summed E-state index contributed by atoms with van der Waals surface area (Å²) in [6, 6.07) is 2.45. The lowest BCUT2D eigenvalue weighted by atomic mass is 10.1. The summed E-state index contributed by atoms with van der Waals surface area (Å²) in [5.74, 6) is 0.444. The fraction of sp³-hybridized carbons (Fsp3) is 0.417. The molecule has 2 aromatic heterocycles. The molecule has 0 aliphatic carbocycles. The number of aromatic nitrogens is 2. The van der Waals surface area contributed by atoms with Crippen LogP contribution in [0, 0.1) is 0 Å². The van der Waals surface area contributed by atoms with Crippen molar-refractivity contribution in [1.82, 2.24) is 10.2 Å². The fourth-order valence-corrected chi connectivity index (χ4v) is 2.67. The standard InChI is InChI=1S/C12H14BrN3O4S/c1-12(2,9(14)11(17)18)21-5-8-15-16-10(20-8)6-3-4-7(13)19-6/h3-4,9H,5,14H2,1-2H3,(H,17,18)/t9-/m1/s1. The Hall–Kier alpha value is -1.32. The van der Waals surface area contributed by atoms with Gasteiger partial charge in [-0.15, -0.1) is 22.0 Å². The van der Waals surface area contributed by atoms with E-state index in [0.717, 1.165) is 0 Å². The molecule has 2 aromatic rings. The summed E-state index contributed by atoms with van der Waals surface area (Å²) < 4.78 is 10.7. The van der Waals surface area contributed by atoms with Gasteiger partial charge < -0.3 is 19.7 Å². The van der Waals surface area contributed by atoms with Gasteiger partial charge in [-0.1, -0.05) is 0 Å². The van der Waals surface area contributed by atoms with E-state index < -0.39 is 16.8 Å². The molecule has 0 fully saturated rings. The van der Waals surface area contributed by atoms with Crippen LogP contribution >= 0.6 is 27.7 Å².